The Balaban J connectivity index is 2.12. The minimum Gasteiger partial charge on any atom is -0.406 e. The van der Waals surface area contributed by atoms with Gasteiger partial charge in [-0.05, 0) is 42.5 Å². The van der Waals surface area contributed by atoms with Gasteiger partial charge in [-0.25, -0.2) is 0 Å². The van der Waals surface area contributed by atoms with Crippen molar-refractivity contribution in [2.24, 2.45) is 0 Å². The Labute approximate surface area is 114 Å². The molecule has 20 heavy (non-hydrogen) atoms. The fourth-order valence-electron chi connectivity index (χ4n) is 1.50. The SMILES string of the molecule is Nc1cccc(C#Cc2ccc(OC(F)(F)F)cc2)c1. The average molecular weight is 277 g/mol. The van der Waals surface area contributed by atoms with Gasteiger partial charge in [0.2, 0.25) is 0 Å². The summed E-state index contributed by atoms with van der Waals surface area (Å²) < 4.78 is 39.7. The zero-order chi connectivity index (χ0) is 14.6. The van der Waals surface area contributed by atoms with E-state index in [4.69, 9.17) is 5.73 Å². The second-order valence-electron chi connectivity index (χ2n) is 3.95. The first-order valence-electron chi connectivity index (χ1n) is 5.66. The highest BCUT2D eigenvalue weighted by Crippen LogP contribution is 2.22. The third-order valence-electron chi connectivity index (χ3n) is 2.33. The zero-order valence-electron chi connectivity index (χ0n) is 10.2. The Morgan fingerprint density at radius 1 is 0.900 bits per heavy atom. The Bertz CT molecular complexity index is 651. The van der Waals surface area contributed by atoms with Gasteiger partial charge in [0.1, 0.15) is 5.75 Å². The average Bonchev–Trinajstić information content (AvgIpc) is 2.36. The predicted octanol–water partition coefficient (Wildman–Crippen LogP) is 3.57. The van der Waals surface area contributed by atoms with Crippen molar-refractivity contribution in [2.45, 2.75) is 6.36 Å². The van der Waals surface area contributed by atoms with Crippen LogP contribution in [0.5, 0.6) is 5.75 Å². The normalized spacial score (nSPS) is 10.6. The lowest BCUT2D eigenvalue weighted by Gasteiger charge is -2.07. The highest BCUT2D eigenvalue weighted by Gasteiger charge is 2.30. The van der Waals surface area contributed by atoms with E-state index in [2.05, 4.69) is 16.6 Å². The van der Waals surface area contributed by atoms with E-state index in [1.54, 1.807) is 24.3 Å². The van der Waals surface area contributed by atoms with Crippen LogP contribution >= 0.6 is 0 Å². The minimum absolute atomic E-state index is 0.271. The Morgan fingerprint density at radius 2 is 1.55 bits per heavy atom. The molecular weight excluding hydrogens is 267 g/mol. The molecule has 2 N–H and O–H groups in total. The topological polar surface area (TPSA) is 35.2 Å². The summed E-state index contributed by atoms with van der Waals surface area (Å²) in [6, 6.07) is 12.4. The van der Waals surface area contributed by atoms with Crippen molar-refractivity contribution < 1.29 is 17.9 Å². The molecule has 2 aromatic carbocycles. The van der Waals surface area contributed by atoms with Gasteiger partial charge in [-0.15, -0.1) is 13.2 Å². The molecule has 0 unspecified atom stereocenters. The molecule has 0 radical (unpaired) electrons. The maximum Gasteiger partial charge on any atom is 0.573 e. The monoisotopic (exact) mass is 277 g/mol. The van der Waals surface area contributed by atoms with E-state index in [0.717, 1.165) is 5.56 Å². The lowest BCUT2D eigenvalue weighted by Crippen LogP contribution is -2.16. The number of nitrogens with two attached hydrogens (primary N) is 1. The summed E-state index contributed by atoms with van der Waals surface area (Å²) in [5.74, 6) is 5.44. The molecule has 0 saturated carbocycles. The van der Waals surface area contributed by atoms with Gasteiger partial charge in [-0.3, -0.25) is 0 Å². The molecule has 5 heteroatoms. The van der Waals surface area contributed by atoms with Gasteiger partial charge in [-0.2, -0.15) is 0 Å². The summed E-state index contributed by atoms with van der Waals surface area (Å²) in [6.45, 7) is 0. The molecule has 0 atom stereocenters. The molecule has 0 aliphatic carbocycles. The second-order valence-corrected chi connectivity index (χ2v) is 3.95. The van der Waals surface area contributed by atoms with Gasteiger partial charge in [0.25, 0.3) is 0 Å². The first-order chi connectivity index (χ1) is 9.42. The lowest BCUT2D eigenvalue weighted by atomic mass is 10.1. The van der Waals surface area contributed by atoms with Crippen LogP contribution < -0.4 is 10.5 Å². The number of benzene rings is 2. The van der Waals surface area contributed by atoms with E-state index >= 15 is 0 Å². The molecule has 0 heterocycles. The van der Waals surface area contributed by atoms with Crippen molar-refractivity contribution in [3.8, 4) is 17.6 Å². The summed E-state index contributed by atoms with van der Waals surface area (Å²) in [4.78, 5) is 0. The molecule has 0 aliphatic heterocycles. The van der Waals surface area contributed by atoms with Crippen LogP contribution in [0, 0.1) is 11.8 Å². The van der Waals surface area contributed by atoms with Crippen molar-refractivity contribution >= 4 is 5.69 Å². The predicted molar refractivity (Wildman–Crippen MR) is 70.0 cm³/mol. The summed E-state index contributed by atoms with van der Waals surface area (Å²) in [6.07, 6.45) is -4.69. The van der Waals surface area contributed by atoms with Crippen molar-refractivity contribution in [1.29, 1.82) is 0 Å². The van der Waals surface area contributed by atoms with E-state index in [9.17, 15) is 13.2 Å². The summed E-state index contributed by atoms with van der Waals surface area (Å²) >= 11 is 0. The fraction of sp³-hybridized carbons (Fsp3) is 0.0667. The first-order valence-corrected chi connectivity index (χ1v) is 5.66. The number of alkyl halides is 3. The van der Waals surface area contributed by atoms with Gasteiger partial charge in [-0.1, -0.05) is 17.9 Å². The number of nitrogen functional groups attached to an aromatic ring is 1. The Morgan fingerprint density at radius 3 is 2.15 bits per heavy atom. The third-order valence-corrected chi connectivity index (χ3v) is 2.33. The van der Waals surface area contributed by atoms with Crippen molar-refractivity contribution in [3.05, 3.63) is 59.7 Å². The van der Waals surface area contributed by atoms with Crippen LogP contribution in [0.25, 0.3) is 0 Å². The molecule has 0 fully saturated rings. The molecule has 2 nitrogen and oxygen atoms in total. The minimum atomic E-state index is -4.69. The van der Waals surface area contributed by atoms with Crippen LogP contribution in [0.3, 0.4) is 0 Å². The van der Waals surface area contributed by atoms with Crippen LogP contribution in [0.2, 0.25) is 0 Å². The molecule has 0 saturated heterocycles. The molecule has 0 aromatic heterocycles. The largest absolute Gasteiger partial charge is 0.573 e. The van der Waals surface area contributed by atoms with Crippen molar-refractivity contribution in [1.82, 2.24) is 0 Å². The van der Waals surface area contributed by atoms with Gasteiger partial charge in [0, 0.05) is 16.8 Å². The number of anilines is 1. The van der Waals surface area contributed by atoms with Crippen molar-refractivity contribution in [2.75, 3.05) is 5.73 Å². The van der Waals surface area contributed by atoms with Crippen LogP contribution in [-0.2, 0) is 0 Å². The third kappa shape index (κ3) is 4.25. The van der Waals surface area contributed by atoms with E-state index < -0.39 is 6.36 Å². The molecule has 0 spiro atoms. The smallest absolute Gasteiger partial charge is 0.406 e. The Hall–Kier alpha value is -2.61. The molecule has 2 aromatic rings. The van der Waals surface area contributed by atoms with Gasteiger partial charge < -0.3 is 10.5 Å². The maximum atomic E-state index is 12.0. The highest BCUT2D eigenvalue weighted by molar-refractivity contribution is 5.50. The number of hydrogen-bond donors (Lipinski definition) is 1. The van der Waals surface area contributed by atoms with E-state index in [1.807, 2.05) is 0 Å². The van der Waals surface area contributed by atoms with Gasteiger partial charge in [0.15, 0.2) is 0 Å². The van der Waals surface area contributed by atoms with Crippen LogP contribution in [0.1, 0.15) is 11.1 Å². The molecule has 0 aliphatic rings. The van der Waals surface area contributed by atoms with E-state index in [0.29, 0.717) is 11.3 Å². The molecule has 102 valence electrons. The fourth-order valence-corrected chi connectivity index (χ4v) is 1.50. The highest BCUT2D eigenvalue weighted by atomic mass is 19.4. The first kappa shape index (κ1) is 13.8. The molecular formula is C15H10F3NO. The standard InChI is InChI=1S/C15H10F3NO/c16-15(17,18)20-14-8-6-11(7-9-14)4-5-12-2-1-3-13(19)10-12/h1-3,6-10H,19H2. The molecule has 2 rings (SSSR count). The number of halogens is 3. The van der Waals surface area contributed by atoms with Crippen LogP contribution in [0.4, 0.5) is 18.9 Å². The summed E-state index contributed by atoms with van der Waals surface area (Å²) in [7, 11) is 0. The van der Waals surface area contributed by atoms with Crippen molar-refractivity contribution in [3.63, 3.8) is 0 Å². The van der Waals surface area contributed by atoms with E-state index in [-0.39, 0.29) is 5.75 Å². The van der Waals surface area contributed by atoms with Crippen LogP contribution in [-0.4, -0.2) is 6.36 Å². The Kier molecular flexibility index (Phi) is 3.85. The molecule has 0 bridgehead atoms. The van der Waals surface area contributed by atoms with E-state index in [1.165, 1.54) is 24.3 Å². The summed E-state index contributed by atoms with van der Waals surface area (Å²) in [5, 5.41) is 0. The van der Waals surface area contributed by atoms with Crippen LogP contribution in [0.15, 0.2) is 48.5 Å². The lowest BCUT2D eigenvalue weighted by molar-refractivity contribution is -0.274. The molecule has 0 amide bonds. The number of rotatable bonds is 1. The zero-order valence-corrected chi connectivity index (χ0v) is 10.2. The maximum absolute atomic E-state index is 12.0. The summed E-state index contributed by atoms with van der Waals surface area (Å²) in [5.41, 5.74) is 7.54. The number of hydrogen-bond acceptors (Lipinski definition) is 2. The van der Waals surface area contributed by atoms with Gasteiger partial charge in [0.05, 0.1) is 0 Å². The quantitative estimate of drug-likeness (QED) is 0.639. The second kappa shape index (κ2) is 5.57. The number of ether oxygens (including phenoxy) is 1. The van der Waals surface area contributed by atoms with Gasteiger partial charge >= 0.3 is 6.36 Å².